The third-order valence-corrected chi connectivity index (χ3v) is 4.87. The van der Waals surface area contributed by atoms with Crippen LogP contribution in [0.4, 0.5) is 5.69 Å². The summed E-state index contributed by atoms with van der Waals surface area (Å²) in [4.78, 5) is 37.3. The Labute approximate surface area is 147 Å². The Morgan fingerprint density at radius 2 is 1.88 bits per heavy atom. The monoisotopic (exact) mass is 344 g/mol. The topological polar surface area (TPSA) is 66.0 Å². The zero-order chi connectivity index (χ0) is 17.6. The van der Waals surface area contributed by atoms with Crippen LogP contribution in [0.1, 0.15) is 26.2 Å². The molecular formula is C18H24N4O3. The lowest BCUT2D eigenvalue weighted by Gasteiger charge is -2.38. The lowest BCUT2D eigenvalue weighted by molar-refractivity contribution is -0.189. The molecule has 0 aliphatic carbocycles. The Bertz CT molecular complexity index is 637. The molecule has 134 valence electrons. The van der Waals surface area contributed by atoms with E-state index in [2.05, 4.69) is 14.8 Å². The van der Waals surface area contributed by atoms with Gasteiger partial charge >= 0.3 is 5.97 Å². The Morgan fingerprint density at radius 3 is 2.56 bits per heavy atom. The number of pyridine rings is 1. The zero-order valence-corrected chi connectivity index (χ0v) is 14.6. The number of piperazine rings is 1. The number of rotatable bonds is 4. The molecular weight excluding hydrogens is 320 g/mol. The van der Waals surface area contributed by atoms with Crippen molar-refractivity contribution in [3.63, 3.8) is 0 Å². The lowest BCUT2D eigenvalue weighted by atomic mass is 10.1. The summed E-state index contributed by atoms with van der Waals surface area (Å²) in [7, 11) is 0. The number of hydrogen-bond acceptors (Lipinski definition) is 7. The summed E-state index contributed by atoms with van der Waals surface area (Å²) in [6, 6.07) is 3.66. The second-order valence-electron chi connectivity index (χ2n) is 6.42. The largest absolute Gasteiger partial charge is 0.369 e. The van der Waals surface area contributed by atoms with E-state index in [0.717, 1.165) is 44.7 Å². The summed E-state index contributed by atoms with van der Waals surface area (Å²) in [5, 5.41) is 1.42. The van der Waals surface area contributed by atoms with Gasteiger partial charge in [0.15, 0.2) is 0 Å². The molecule has 0 spiro atoms. The Kier molecular flexibility index (Phi) is 5.68. The molecule has 2 saturated heterocycles. The average Bonchev–Trinajstić information content (AvgIpc) is 2.68. The highest BCUT2D eigenvalue weighted by atomic mass is 16.7. The first-order valence-electron chi connectivity index (χ1n) is 8.81. The van der Waals surface area contributed by atoms with Gasteiger partial charge in [0.2, 0.25) is 0 Å². The predicted molar refractivity (Wildman–Crippen MR) is 93.3 cm³/mol. The van der Waals surface area contributed by atoms with E-state index in [1.165, 1.54) is 5.06 Å². The fourth-order valence-electron chi connectivity index (χ4n) is 3.27. The van der Waals surface area contributed by atoms with Crippen molar-refractivity contribution >= 4 is 17.6 Å². The minimum atomic E-state index is -0.339. The van der Waals surface area contributed by atoms with E-state index in [9.17, 15) is 9.59 Å². The van der Waals surface area contributed by atoms with Crippen molar-refractivity contribution in [2.24, 2.45) is 0 Å². The first kappa shape index (κ1) is 17.5. The fourth-order valence-corrected chi connectivity index (χ4v) is 3.27. The van der Waals surface area contributed by atoms with Crippen LogP contribution in [0, 0.1) is 0 Å². The van der Waals surface area contributed by atoms with Crippen LogP contribution in [-0.2, 0) is 14.4 Å². The third kappa shape index (κ3) is 4.18. The van der Waals surface area contributed by atoms with Gasteiger partial charge < -0.3 is 9.74 Å². The highest BCUT2D eigenvalue weighted by Crippen LogP contribution is 2.20. The van der Waals surface area contributed by atoms with Crippen molar-refractivity contribution < 1.29 is 14.4 Å². The van der Waals surface area contributed by atoms with Gasteiger partial charge in [-0.25, -0.2) is 9.59 Å². The fraction of sp³-hybridized carbons (Fsp3) is 0.556. The van der Waals surface area contributed by atoms with E-state index in [1.807, 2.05) is 25.0 Å². The smallest absolute Gasteiger partial charge is 0.349 e. The number of aromatic nitrogens is 1. The van der Waals surface area contributed by atoms with Crippen LogP contribution < -0.4 is 4.90 Å². The molecule has 1 aromatic rings. The average molecular weight is 344 g/mol. The van der Waals surface area contributed by atoms with Gasteiger partial charge in [-0.15, -0.1) is 0 Å². The third-order valence-electron chi connectivity index (χ3n) is 4.87. The van der Waals surface area contributed by atoms with E-state index in [1.54, 1.807) is 12.4 Å². The van der Waals surface area contributed by atoms with Crippen LogP contribution in [-0.4, -0.2) is 65.6 Å². The normalized spacial score (nSPS) is 20.1. The molecule has 3 rings (SSSR count). The Balaban J connectivity index is 1.52. The lowest BCUT2D eigenvalue weighted by Crippen LogP contribution is -2.52. The minimum Gasteiger partial charge on any atom is -0.369 e. The molecule has 0 saturated carbocycles. The minimum absolute atomic E-state index is 0.313. The van der Waals surface area contributed by atoms with E-state index in [4.69, 9.17) is 4.84 Å². The SMILES string of the molecule is CC(C(=O)ON1CCCCC1=C=O)N1CCN(c2ccncc2)CC1. The molecule has 7 heteroatoms. The van der Waals surface area contributed by atoms with Gasteiger partial charge in [-0.1, -0.05) is 0 Å². The van der Waals surface area contributed by atoms with E-state index < -0.39 is 0 Å². The van der Waals surface area contributed by atoms with Crippen LogP contribution in [0.3, 0.4) is 0 Å². The van der Waals surface area contributed by atoms with Crippen molar-refractivity contribution in [1.29, 1.82) is 0 Å². The first-order chi connectivity index (χ1) is 12.2. The van der Waals surface area contributed by atoms with Crippen molar-refractivity contribution in [1.82, 2.24) is 14.9 Å². The Hall–Kier alpha value is -2.37. The van der Waals surface area contributed by atoms with Gasteiger partial charge in [-0.3, -0.25) is 9.88 Å². The summed E-state index contributed by atoms with van der Waals surface area (Å²) in [6.45, 7) is 5.71. The number of hydroxylamine groups is 2. The molecule has 7 nitrogen and oxygen atoms in total. The Morgan fingerprint density at radius 1 is 1.16 bits per heavy atom. The molecule has 0 amide bonds. The van der Waals surface area contributed by atoms with Crippen LogP contribution in [0.25, 0.3) is 0 Å². The second-order valence-corrected chi connectivity index (χ2v) is 6.42. The number of hydrogen-bond donors (Lipinski definition) is 0. The number of piperidine rings is 1. The molecule has 25 heavy (non-hydrogen) atoms. The standard InChI is InChI=1S/C18H24N4O3/c1-15(18(24)25-22-9-3-2-4-17(22)14-23)20-10-12-21(13-11-20)16-5-7-19-8-6-16/h5-8,15H,2-4,9-13H2,1H3. The molecule has 2 aliphatic rings. The molecule has 2 fully saturated rings. The summed E-state index contributed by atoms with van der Waals surface area (Å²) < 4.78 is 0. The van der Waals surface area contributed by atoms with Crippen LogP contribution in [0.15, 0.2) is 30.2 Å². The highest BCUT2D eigenvalue weighted by Gasteiger charge is 2.29. The van der Waals surface area contributed by atoms with Crippen molar-refractivity contribution in [3.05, 3.63) is 30.2 Å². The summed E-state index contributed by atoms with van der Waals surface area (Å²) in [5.41, 5.74) is 1.59. The first-order valence-corrected chi connectivity index (χ1v) is 8.81. The number of nitrogens with zero attached hydrogens (tertiary/aromatic N) is 4. The second kappa shape index (κ2) is 8.14. The molecule has 0 radical (unpaired) electrons. The molecule has 0 bridgehead atoms. The van der Waals surface area contributed by atoms with Crippen molar-refractivity contribution in [3.8, 4) is 0 Å². The predicted octanol–water partition coefficient (Wildman–Crippen LogP) is 1.25. The summed E-state index contributed by atoms with van der Waals surface area (Å²) in [6.07, 6.45) is 6.05. The maximum Gasteiger partial charge on any atom is 0.349 e. The maximum absolute atomic E-state index is 12.5. The molecule has 1 aromatic heterocycles. The van der Waals surface area contributed by atoms with Gasteiger partial charge in [-0.05, 0) is 31.9 Å². The van der Waals surface area contributed by atoms with Crippen LogP contribution >= 0.6 is 0 Å². The number of allylic oxidation sites excluding steroid dienone is 1. The van der Waals surface area contributed by atoms with Crippen LogP contribution in [0.5, 0.6) is 0 Å². The van der Waals surface area contributed by atoms with Gasteiger partial charge in [0.25, 0.3) is 0 Å². The quantitative estimate of drug-likeness (QED) is 0.762. The molecule has 0 aromatic carbocycles. The number of carbonyl (C=O) groups excluding carboxylic acids is 2. The van der Waals surface area contributed by atoms with Gasteiger partial charge in [0.05, 0.1) is 6.54 Å². The van der Waals surface area contributed by atoms with Gasteiger partial charge in [0, 0.05) is 50.7 Å². The van der Waals surface area contributed by atoms with E-state index in [0.29, 0.717) is 18.7 Å². The van der Waals surface area contributed by atoms with Gasteiger partial charge in [0.1, 0.15) is 17.7 Å². The van der Waals surface area contributed by atoms with E-state index >= 15 is 0 Å². The maximum atomic E-state index is 12.5. The van der Waals surface area contributed by atoms with Crippen molar-refractivity contribution in [2.45, 2.75) is 32.2 Å². The molecule has 1 atom stereocenters. The van der Waals surface area contributed by atoms with Gasteiger partial charge in [-0.2, -0.15) is 5.06 Å². The molecule has 1 unspecified atom stereocenters. The summed E-state index contributed by atoms with van der Waals surface area (Å²) >= 11 is 0. The van der Waals surface area contributed by atoms with E-state index in [-0.39, 0.29) is 12.0 Å². The zero-order valence-electron chi connectivity index (χ0n) is 14.6. The highest BCUT2D eigenvalue weighted by molar-refractivity contribution is 5.75. The molecule has 3 heterocycles. The van der Waals surface area contributed by atoms with Crippen molar-refractivity contribution in [2.75, 3.05) is 37.6 Å². The number of anilines is 1. The summed E-state index contributed by atoms with van der Waals surface area (Å²) in [5.74, 6) is 1.58. The van der Waals surface area contributed by atoms with Crippen LogP contribution in [0.2, 0.25) is 0 Å². The molecule has 2 aliphatic heterocycles. The number of carbonyl (C=O) groups is 1. The molecule has 0 N–H and O–H groups in total.